The summed E-state index contributed by atoms with van der Waals surface area (Å²) < 4.78 is 11.4. The highest BCUT2D eigenvalue weighted by Crippen LogP contribution is 2.30. The number of hydrogen-bond donors (Lipinski definition) is 0. The molecule has 2 aromatic rings. The molecule has 0 aliphatic carbocycles. The van der Waals surface area contributed by atoms with E-state index in [1.807, 2.05) is 67.6 Å². The number of rotatable bonds is 7. The van der Waals surface area contributed by atoms with Crippen LogP contribution in [0.4, 0.5) is 0 Å². The van der Waals surface area contributed by atoms with E-state index in [0.717, 1.165) is 50.4 Å². The van der Waals surface area contributed by atoms with Crippen LogP contribution in [-0.2, 0) is 26.3 Å². The molecule has 0 bridgehead atoms. The molecule has 26 heavy (non-hydrogen) atoms. The number of carbonyl (C=O) groups is 1. The fourth-order valence-corrected chi connectivity index (χ4v) is 3.29. The normalized spacial score (nSPS) is 17.4. The summed E-state index contributed by atoms with van der Waals surface area (Å²) >= 11 is 0. The fraction of sp³-hybridized carbons (Fsp3) is 0.409. The van der Waals surface area contributed by atoms with Crippen molar-refractivity contribution < 1.29 is 14.3 Å². The van der Waals surface area contributed by atoms with E-state index in [0.29, 0.717) is 6.42 Å². The van der Waals surface area contributed by atoms with Crippen molar-refractivity contribution in [1.29, 1.82) is 0 Å². The van der Waals surface area contributed by atoms with Crippen LogP contribution in [0.5, 0.6) is 0 Å². The van der Waals surface area contributed by atoms with Gasteiger partial charge >= 0.3 is 5.97 Å². The van der Waals surface area contributed by atoms with Crippen molar-refractivity contribution in [3.63, 3.8) is 0 Å². The zero-order chi connectivity index (χ0) is 18.2. The lowest BCUT2D eigenvalue weighted by Crippen LogP contribution is -2.40. The summed E-state index contributed by atoms with van der Waals surface area (Å²) in [6, 6.07) is 19.8. The van der Waals surface area contributed by atoms with Crippen LogP contribution in [-0.4, -0.2) is 43.7 Å². The first-order valence-electron chi connectivity index (χ1n) is 9.27. The van der Waals surface area contributed by atoms with Gasteiger partial charge in [0.05, 0.1) is 19.6 Å². The molecule has 1 saturated heterocycles. The maximum Gasteiger partial charge on any atom is 0.311 e. The first-order chi connectivity index (χ1) is 12.7. The summed E-state index contributed by atoms with van der Waals surface area (Å²) in [6.07, 6.45) is 1.05. The number of hydrogen-bond acceptors (Lipinski definition) is 4. The second kappa shape index (κ2) is 8.97. The van der Waals surface area contributed by atoms with Gasteiger partial charge in [-0.15, -0.1) is 0 Å². The Morgan fingerprint density at radius 2 is 1.65 bits per heavy atom. The van der Waals surface area contributed by atoms with Crippen molar-refractivity contribution in [3.8, 4) is 0 Å². The van der Waals surface area contributed by atoms with Crippen molar-refractivity contribution in [3.05, 3.63) is 71.8 Å². The van der Waals surface area contributed by atoms with Gasteiger partial charge in [0.15, 0.2) is 0 Å². The molecule has 1 aliphatic heterocycles. The molecular weight excluding hydrogens is 326 g/mol. The third-order valence-electron chi connectivity index (χ3n) is 4.92. The lowest BCUT2D eigenvalue weighted by atomic mass is 9.91. The highest BCUT2D eigenvalue weighted by atomic mass is 16.6. The highest BCUT2D eigenvalue weighted by molar-refractivity contribution is 5.73. The van der Waals surface area contributed by atoms with E-state index in [4.69, 9.17) is 9.47 Å². The van der Waals surface area contributed by atoms with E-state index in [9.17, 15) is 4.79 Å². The minimum Gasteiger partial charge on any atom is -0.454 e. The number of nitrogens with zero attached hydrogens (tertiary/aromatic N) is 1. The lowest BCUT2D eigenvalue weighted by Gasteiger charge is -2.34. The van der Waals surface area contributed by atoms with Crippen LogP contribution in [0.2, 0.25) is 0 Å². The van der Waals surface area contributed by atoms with Crippen molar-refractivity contribution >= 4 is 5.97 Å². The van der Waals surface area contributed by atoms with E-state index in [-0.39, 0.29) is 5.97 Å². The van der Waals surface area contributed by atoms with Crippen LogP contribution in [0.25, 0.3) is 0 Å². The molecular formula is C22H27NO3. The monoisotopic (exact) mass is 353 g/mol. The second-order valence-corrected chi connectivity index (χ2v) is 6.94. The van der Waals surface area contributed by atoms with Crippen molar-refractivity contribution in [2.75, 3.05) is 32.8 Å². The SMILES string of the molecule is CC(CCN1CCOCC1)(OC(=O)Cc1ccccc1)c1ccccc1. The van der Waals surface area contributed by atoms with Crippen LogP contribution in [0.15, 0.2) is 60.7 Å². The van der Waals surface area contributed by atoms with E-state index >= 15 is 0 Å². The summed E-state index contributed by atoms with van der Waals surface area (Å²) in [5.74, 6) is -0.190. The lowest BCUT2D eigenvalue weighted by molar-refractivity contribution is -0.159. The van der Waals surface area contributed by atoms with E-state index < -0.39 is 5.60 Å². The minimum atomic E-state index is -0.634. The number of ether oxygens (including phenoxy) is 2. The number of morpholine rings is 1. The van der Waals surface area contributed by atoms with Gasteiger partial charge in [-0.2, -0.15) is 0 Å². The van der Waals surface area contributed by atoms with Gasteiger partial charge in [-0.1, -0.05) is 60.7 Å². The van der Waals surface area contributed by atoms with Crippen molar-refractivity contribution in [2.24, 2.45) is 0 Å². The fourth-order valence-electron chi connectivity index (χ4n) is 3.29. The third kappa shape index (κ3) is 5.16. The maximum atomic E-state index is 12.6. The van der Waals surface area contributed by atoms with Gasteiger partial charge in [0.2, 0.25) is 0 Å². The molecule has 0 N–H and O–H groups in total. The first kappa shape index (κ1) is 18.6. The van der Waals surface area contributed by atoms with Gasteiger partial charge in [0.1, 0.15) is 5.60 Å². The topological polar surface area (TPSA) is 38.8 Å². The molecule has 3 rings (SSSR count). The van der Waals surface area contributed by atoms with E-state index in [2.05, 4.69) is 4.90 Å². The zero-order valence-corrected chi connectivity index (χ0v) is 15.4. The molecule has 0 spiro atoms. The standard InChI is InChI=1S/C22H27NO3/c1-22(20-10-6-3-7-11-20,12-13-23-14-16-25-17-15-23)26-21(24)18-19-8-4-2-5-9-19/h2-11H,12-18H2,1H3. The van der Waals surface area contributed by atoms with Crippen molar-refractivity contribution in [2.45, 2.75) is 25.4 Å². The van der Waals surface area contributed by atoms with Crippen LogP contribution >= 0.6 is 0 Å². The largest absolute Gasteiger partial charge is 0.454 e. The van der Waals surface area contributed by atoms with Gasteiger partial charge < -0.3 is 9.47 Å². The van der Waals surface area contributed by atoms with Gasteiger partial charge in [-0.05, 0) is 18.1 Å². The molecule has 1 atom stereocenters. The maximum absolute atomic E-state index is 12.6. The van der Waals surface area contributed by atoms with Crippen LogP contribution in [0.1, 0.15) is 24.5 Å². The molecule has 2 aromatic carbocycles. The van der Waals surface area contributed by atoms with Crippen LogP contribution < -0.4 is 0 Å². The number of esters is 1. The molecule has 138 valence electrons. The molecule has 1 aliphatic rings. The molecule has 1 heterocycles. The molecule has 4 nitrogen and oxygen atoms in total. The predicted octanol–water partition coefficient (Wildman–Crippen LogP) is 3.41. The van der Waals surface area contributed by atoms with Crippen molar-refractivity contribution in [1.82, 2.24) is 4.90 Å². The van der Waals surface area contributed by atoms with Crippen LogP contribution in [0.3, 0.4) is 0 Å². The zero-order valence-electron chi connectivity index (χ0n) is 15.4. The summed E-state index contributed by atoms with van der Waals surface area (Å²) in [7, 11) is 0. The van der Waals surface area contributed by atoms with E-state index in [1.165, 1.54) is 0 Å². The summed E-state index contributed by atoms with van der Waals surface area (Å²) in [6.45, 7) is 6.32. The van der Waals surface area contributed by atoms with Crippen LogP contribution in [0, 0.1) is 0 Å². The third-order valence-corrected chi connectivity index (χ3v) is 4.92. The Morgan fingerprint density at radius 3 is 2.31 bits per heavy atom. The average Bonchev–Trinajstić information content (AvgIpc) is 2.69. The summed E-state index contributed by atoms with van der Waals surface area (Å²) in [4.78, 5) is 15.0. The molecule has 4 heteroatoms. The Balaban J connectivity index is 1.69. The highest BCUT2D eigenvalue weighted by Gasteiger charge is 2.31. The van der Waals surface area contributed by atoms with Gasteiger partial charge in [-0.3, -0.25) is 9.69 Å². The molecule has 0 aromatic heterocycles. The molecule has 1 unspecified atom stereocenters. The van der Waals surface area contributed by atoms with Gasteiger partial charge in [0, 0.05) is 26.1 Å². The number of benzene rings is 2. The number of carbonyl (C=O) groups excluding carboxylic acids is 1. The molecule has 0 amide bonds. The van der Waals surface area contributed by atoms with Gasteiger partial charge in [-0.25, -0.2) is 0 Å². The van der Waals surface area contributed by atoms with Gasteiger partial charge in [0.25, 0.3) is 0 Å². The molecule has 0 saturated carbocycles. The summed E-state index contributed by atoms with van der Waals surface area (Å²) in [5.41, 5.74) is 1.38. The Hall–Kier alpha value is -2.17. The quantitative estimate of drug-likeness (QED) is 0.715. The summed E-state index contributed by atoms with van der Waals surface area (Å²) in [5, 5.41) is 0. The Labute approximate surface area is 155 Å². The predicted molar refractivity (Wildman–Crippen MR) is 102 cm³/mol. The first-order valence-corrected chi connectivity index (χ1v) is 9.27. The van der Waals surface area contributed by atoms with E-state index in [1.54, 1.807) is 0 Å². The Kier molecular flexibility index (Phi) is 6.42. The Morgan fingerprint density at radius 1 is 1.04 bits per heavy atom. The molecule has 0 radical (unpaired) electrons. The Bertz CT molecular complexity index is 683. The minimum absolute atomic E-state index is 0.190. The average molecular weight is 353 g/mol. The smallest absolute Gasteiger partial charge is 0.311 e. The molecule has 1 fully saturated rings. The second-order valence-electron chi connectivity index (χ2n) is 6.94.